The molecular weight excluding hydrogens is 284 g/mol. The minimum atomic E-state index is 0.787. The molecule has 0 aliphatic heterocycles. The van der Waals surface area contributed by atoms with Crippen LogP contribution in [0.15, 0.2) is 50.8 Å². The van der Waals surface area contributed by atoms with E-state index >= 15 is 0 Å². The Morgan fingerprint density at radius 3 is 2.62 bits per heavy atom. The number of aromatic nitrogens is 1. The van der Waals surface area contributed by atoms with Gasteiger partial charge in [0, 0.05) is 15.1 Å². The number of anilines is 1. The average molecular weight is 295 g/mol. The van der Waals surface area contributed by atoms with E-state index in [4.69, 9.17) is 5.73 Å². The topological polar surface area (TPSA) is 38.9 Å². The Bertz CT molecular complexity index is 514. The van der Waals surface area contributed by atoms with Crippen molar-refractivity contribution in [3.63, 3.8) is 0 Å². The van der Waals surface area contributed by atoms with Crippen molar-refractivity contribution in [2.24, 2.45) is 0 Å². The van der Waals surface area contributed by atoms with Crippen molar-refractivity contribution in [3.05, 3.63) is 46.6 Å². The molecule has 0 radical (unpaired) electrons. The van der Waals surface area contributed by atoms with Crippen molar-refractivity contribution in [1.82, 2.24) is 4.98 Å². The molecule has 0 aliphatic rings. The Labute approximate surface area is 107 Å². The van der Waals surface area contributed by atoms with Crippen LogP contribution in [0.4, 0.5) is 5.69 Å². The molecule has 1 aromatic carbocycles. The number of hydrogen-bond donors (Lipinski definition) is 1. The van der Waals surface area contributed by atoms with Crippen molar-refractivity contribution in [1.29, 1.82) is 0 Å². The summed E-state index contributed by atoms with van der Waals surface area (Å²) in [6.07, 6.45) is 0. The zero-order valence-corrected chi connectivity index (χ0v) is 11.2. The first-order valence-electron chi connectivity index (χ1n) is 4.82. The Balaban J connectivity index is 2.28. The SMILES string of the molecule is Cc1nc(Sc2ccccc2N)ccc1Br. The number of aryl methyl sites for hydroxylation is 1. The molecule has 0 aliphatic carbocycles. The number of halogens is 1. The molecule has 4 heteroatoms. The normalized spacial score (nSPS) is 10.4. The van der Waals surface area contributed by atoms with Gasteiger partial charge in [-0.3, -0.25) is 0 Å². The summed E-state index contributed by atoms with van der Waals surface area (Å²) in [4.78, 5) is 5.51. The fraction of sp³-hybridized carbons (Fsp3) is 0.0833. The maximum Gasteiger partial charge on any atom is 0.101 e. The minimum Gasteiger partial charge on any atom is -0.398 e. The van der Waals surface area contributed by atoms with Crippen LogP contribution in [-0.2, 0) is 0 Å². The highest BCUT2D eigenvalue weighted by atomic mass is 79.9. The van der Waals surface area contributed by atoms with Gasteiger partial charge in [-0.15, -0.1) is 0 Å². The maximum absolute atomic E-state index is 5.88. The summed E-state index contributed by atoms with van der Waals surface area (Å²) in [6.45, 7) is 1.97. The number of benzene rings is 1. The van der Waals surface area contributed by atoms with Gasteiger partial charge < -0.3 is 5.73 Å². The molecule has 0 atom stereocenters. The molecule has 16 heavy (non-hydrogen) atoms. The molecule has 0 saturated heterocycles. The molecule has 0 spiro atoms. The second kappa shape index (κ2) is 4.89. The molecule has 82 valence electrons. The summed E-state index contributed by atoms with van der Waals surface area (Å²) in [5.74, 6) is 0. The van der Waals surface area contributed by atoms with Crippen LogP contribution in [0.3, 0.4) is 0 Å². The van der Waals surface area contributed by atoms with Crippen LogP contribution in [0, 0.1) is 6.92 Å². The first-order valence-corrected chi connectivity index (χ1v) is 6.43. The van der Waals surface area contributed by atoms with Gasteiger partial charge in [0.15, 0.2) is 0 Å². The van der Waals surface area contributed by atoms with E-state index in [0.717, 1.165) is 25.8 Å². The Kier molecular flexibility index (Phi) is 3.51. The van der Waals surface area contributed by atoms with Gasteiger partial charge in [-0.05, 0) is 47.1 Å². The van der Waals surface area contributed by atoms with Crippen LogP contribution < -0.4 is 5.73 Å². The molecule has 0 fully saturated rings. The highest BCUT2D eigenvalue weighted by Crippen LogP contribution is 2.31. The molecule has 0 saturated carbocycles. The van der Waals surface area contributed by atoms with Crippen LogP contribution in [0.25, 0.3) is 0 Å². The van der Waals surface area contributed by atoms with Crippen LogP contribution in [0.5, 0.6) is 0 Å². The van der Waals surface area contributed by atoms with Gasteiger partial charge in [0.2, 0.25) is 0 Å². The fourth-order valence-electron chi connectivity index (χ4n) is 1.26. The zero-order valence-electron chi connectivity index (χ0n) is 8.77. The zero-order chi connectivity index (χ0) is 11.5. The number of pyridine rings is 1. The summed E-state index contributed by atoms with van der Waals surface area (Å²) in [5, 5.41) is 0.957. The van der Waals surface area contributed by atoms with E-state index in [1.165, 1.54) is 0 Å². The lowest BCUT2D eigenvalue weighted by molar-refractivity contribution is 1.05. The smallest absolute Gasteiger partial charge is 0.101 e. The van der Waals surface area contributed by atoms with Gasteiger partial charge >= 0.3 is 0 Å². The van der Waals surface area contributed by atoms with Gasteiger partial charge in [0.25, 0.3) is 0 Å². The molecule has 0 amide bonds. The summed E-state index contributed by atoms with van der Waals surface area (Å²) < 4.78 is 1.03. The molecule has 2 rings (SSSR count). The summed E-state index contributed by atoms with van der Waals surface area (Å²) in [7, 11) is 0. The number of nitrogens with zero attached hydrogens (tertiary/aromatic N) is 1. The van der Waals surface area contributed by atoms with Crippen molar-refractivity contribution in [3.8, 4) is 0 Å². The van der Waals surface area contributed by atoms with Gasteiger partial charge in [0.05, 0.1) is 5.69 Å². The van der Waals surface area contributed by atoms with E-state index in [1.807, 2.05) is 43.3 Å². The number of hydrogen-bond acceptors (Lipinski definition) is 3. The van der Waals surface area contributed by atoms with Crippen LogP contribution in [0.1, 0.15) is 5.69 Å². The summed E-state index contributed by atoms with van der Waals surface area (Å²) in [5.41, 5.74) is 7.65. The van der Waals surface area contributed by atoms with Crippen molar-refractivity contribution < 1.29 is 0 Å². The van der Waals surface area contributed by atoms with Crippen LogP contribution in [0.2, 0.25) is 0 Å². The molecule has 2 aromatic rings. The molecule has 0 unspecified atom stereocenters. The maximum atomic E-state index is 5.88. The van der Waals surface area contributed by atoms with Crippen molar-refractivity contribution in [2.75, 3.05) is 5.73 Å². The quantitative estimate of drug-likeness (QED) is 0.854. The minimum absolute atomic E-state index is 0.787. The lowest BCUT2D eigenvalue weighted by Gasteiger charge is -2.05. The molecule has 2 N–H and O–H groups in total. The lowest BCUT2D eigenvalue weighted by Crippen LogP contribution is -1.89. The Morgan fingerprint density at radius 2 is 1.94 bits per heavy atom. The molecule has 1 heterocycles. The van der Waals surface area contributed by atoms with Crippen molar-refractivity contribution >= 4 is 33.4 Å². The number of para-hydroxylation sites is 1. The average Bonchev–Trinajstić information content (AvgIpc) is 2.27. The van der Waals surface area contributed by atoms with E-state index < -0.39 is 0 Å². The molecule has 2 nitrogen and oxygen atoms in total. The van der Waals surface area contributed by atoms with Crippen LogP contribution in [-0.4, -0.2) is 4.98 Å². The van der Waals surface area contributed by atoms with Gasteiger partial charge in [-0.25, -0.2) is 4.98 Å². The van der Waals surface area contributed by atoms with E-state index in [0.29, 0.717) is 0 Å². The largest absolute Gasteiger partial charge is 0.398 e. The Hall–Kier alpha value is -1.00. The summed E-state index contributed by atoms with van der Waals surface area (Å²) >= 11 is 5.01. The van der Waals surface area contributed by atoms with Gasteiger partial charge in [-0.2, -0.15) is 0 Å². The predicted molar refractivity (Wildman–Crippen MR) is 71.7 cm³/mol. The van der Waals surface area contributed by atoms with Crippen molar-refractivity contribution in [2.45, 2.75) is 16.8 Å². The number of rotatable bonds is 2. The first kappa shape index (κ1) is 11.5. The lowest BCUT2D eigenvalue weighted by atomic mass is 10.3. The highest BCUT2D eigenvalue weighted by molar-refractivity contribution is 9.10. The standard InChI is InChI=1S/C12H11BrN2S/c1-8-9(13)6-7-12(15-8)16-11-5-3-2-4-10(11)14/h2-7H,14H2,1H3. The Morgan fingerprint density at radius 1 is 1.19 bits per heavy atom. The van der Waals surface area contributed by atoms with E-state index in [1.54, 1.807) is 11.8 Å². The van der Waals surface area contributed by atoms with Crippen LogP contribution >= 0.6 is 27.7 Å². The van der Waals surface area contributed by atoms with E-state index in [-0.39, 0.29) is 0 Å². The van der Waals surface area contributed by atoms with Gasteiger partial charge in [0.1, 0.15) is 5.03 Å². The second-order valence-corrected chi connectivity index (χ2v) is 5.27. The van der Waals surface area contributed by atoms with Gasteiger partial charge in [-0.1, -0.05) is 23.9 Å². The number of nitrogen functional groups attached to an aromatic ring is 1. The third kappa shape index (κ3) is 2.57. The molecule has 1 aromatic heterocycles. The third-order valence-electron chi connectivity index (χ3n) is 2.13. The second-order valence-electron chi connectivity index (χ2n) is 3.36. The summed E-state index contributed by atoms with van der Waals surface area (Å²) in [6, 6.07) is 11.8. The predicted octanol–water partition coefficient (Wildman–Crippen LogP) is 3.89. The first-order chi connectivity index (χ1) is 7.66. The van der Waals surface area contributed by atoms with E-state index in [2.05, 4.69) is 20.9 Å². The molecule has 0 bridgehead atoms. The number of nitrogens with two attached hydrogens (primary N) is 1. The third-order valence-corrected chi connectivity index (χ3v) is 4.00. The monoisotopic (exact) mass is 294 g/mol. The highest BCUT2D eigenvalue weighted by Gasteiger charge is 2.03. The fourth-order valence-corrected chi connectivity index (χ4v) is 2.36. The molecular formula is C12H11BrN2S. The van der Waals surface area contributed by atoms with E-state index in [9.17, 15) is 0 Å².